The zero-order chi connectivity index (χ0) is 17.9. The van der Waals surface area contributed by atoms with Gasteiger partial charge in [-0.25, -0.2) is 4.79 Å². The zero-order valence-electron chi connectivity index (χ0n) is 13.8. The fourth-order valence-corrected chi connectivity index (χ4v) is 3.00. The van der Waals surface area contributed by atoms with E-state index >= 15 is 0 Å². The van der Waals surface area contributed by atoms with Gasteiger partial charge in [0.1, 0.15) is 10.6 Å². The molecule has 0 radical (unpaired) electrons. The predicted molar refractivity (Wildman–Crippen MR) is 95.3 cm³/mol. The fourth-order valence-electron chi connectivity index (χ4n) is 2.12. The van der Waals surface area contributed by atoms with Crippen molar-refractivity contribution in [3.05, 3.63) is 44.6 Å². The Morgan fingerprint density at radius 2 is 1.88 bits per heavy atom. The molecule has 24 heavy (non-hydrogen) atoms. The van der Waals surface area contributed by atoms with E-state index in [9.17, 15) is 9.59 Å². The average Bonchev–Trinajstić information content (AvgIpc) is 2.99. The maximum atomic E-state index is 12.3. The second-order valence-corrected chi connectivity index (χ2v) is 6.57. The maximum absolute atomic E-state index is 12.3. The van der Waals surface area contributed by atoms with E-state index in [2.05, 4.69) is 10.1 Å². The van der Waals surface area contributed by atoms with E-state index in [0.29, 0.717) is 21.3 Å². The minimum Gasteiger partial charge on any atom is -0.481 e. The van der Waals surface area contributed by atoms with E-state index in [1.54, 1.807) is 30.5 Å². The molecule has 2 rings (SSSR count). The summed E-state index contributed by atoms with van der Waals surface area (Å²) in [5, 5.41) is 5.07. The van der Waals surface area contributed by atoms with Gasteiger partial charge < -0.3 is 14.8 Å². The highest BCUT2D eigenvalue weighted by Gasteiger charge is 2.20. The minimum atomic E-state index is -0.740. The summed E-state index contributed by atoms with van der Waals surface area (Å²) in [6.07, 6.45) is -0.740. The molecule has 0 spiro atoms. The molecule has 1 aromatic heterocycles. The quantitative estimate of drug-likeness (QED) is 0.804. The molecular weight excluding hydrogens is 350 g/mol. The van der Waals surface area contributed by atoms with Crippen LogP contribution < -0.4 is 10.1 Å². The number of rotatable bonds is 5. The van der Waals surface area contributed by atoms with Crippen molar-refractivity contribution < 1.29 is 19.1 Å². The highest BCUT2D eigenvalue weighted by atomic mass is 35.5. The van der Waals surface area contributed by atoms with Crippen LogP contribution in [0.25, 0.3) is 0 Å². The van der Waals surface area contributed by atoms with Crippen molar-refractivity contribution in [2.45, 2.75) is 26.9 Å². The third-order valence-corrected chi connectivity index (χ3v) is 4.88. The number of halogens is 1. The molecule has 0 saturated carbocycles. The first kappa shape index (κ1) is 18.3. The van der Waals surface area contributed by atoms with Gasteiger partial charge in [-0.2, -0.15) is 0 Å². The number of ether oxygens (including phenoxy) is 2. The Morgan fingerprint density at radius 3 is 2.46 bits per heavy atom. The Morgan fingerprint density at radius 1 is 1.25 bits per heavy atom. The number of esters is 1. The summed E-state index contributed by atoms with van der Waals surface area (Å²) in [4.78, 5) is 24.3. The summed E-state index contributed by atoms with van der Waals surface area (Å²) in [6, 6.07) is 5.21. The van der Waals surface area contributed by atoms with Crippen molar-refractivity contribution in [1.29, 1.82) is 0 Å². The van der Waals surface area contributed by atoms with Gasteiger partial charge in [0.05, 0.1) is 12.8 Å². The summed E-state index contributed by atoms with van der Waals surface area (Å²) >= 11 is 7.33. The van der Waals surface area contributed by atoms with Crippen LogP contribution in [-0.2, 0) is 9.53 Å². The Labute approximate surface area is 149 Å². The number of methoxy groups -OCH3 is 1. The Bertz CT molecular complexity index is 749. The van der Waals surface area contributed by atoms with Gasteiger partial charge in [0.2, 0.25) is 0 Å². The third kappa shape index (κ3) is 4.07. The van der Waals surface area contributed by atoms with Crippen molar-refractivity contribution in [2.24, 2.45) is 0 Å². The number of carbonyl (C=O) groups is 2. The number of amides is 1. The molecule has 1 atom stereocenters. The summed E-state index contributed by atoms with van der Waals surface area (Å²) in [5.74, 6) is -0.280. The fraction of sp³-hybridized carbons (Fsp3) is 0.294. The molecule has 1 heterocycles. The molecule has 0 aliphatic heterocycles. The molecule has 0 aliphatic rings. The lowest BCUT2D eigenvalue weighted by molar-refractivity contribution is -0.122. The van der Waals surface area contributed by atoms with Gasteiger partial charge in [0.25, 0.3) is 5.91 Å². The second kappa shape index (κ2) is 7.68. The van der Waals surface area contributed by atoms with Crippen LogP contribution in [0.2, 0.25) is 5.02 Å². The SMILES string of the molecule is COC(=O)c1sccc1NC(=O)C(C)Oc1cc(C)c(Cl)c(C)c1. The van der Waals surface area contributed by atoms with E-state index in [1.165, 1.54) is 18.4 Å². The van der Waals surface area contributed by atoms with Gasteiger partial charge >= 0.3 is 5.97 Å². The van der Waals surface area contributed by atoms with Gasteiger partial charge in [0, 0.05) is 5.02 Å². The topological polar surface area (TPSA) is 64.6 Å². The van der Waals surface area contributed by atoms with Crippen molar-refractivity contribution in [3.63, 3.8) is 0 Å². The van der Waals surface area contributed by atoms with Gasteiger partial charge in [-0.1, -0.05) is 11.6 Å². The van der Waals surface area contributed by atoms with Crippen molar-refractivity contribution in [3.8, 4) is 5.75 Å². The van der Waals surface area contributed by atoms with Crippen LogP contribution in [0.15, 0.2) is 23.6 Å². The number of hydrogen-bond acceptors (Lipinski definition) is 5. The highest BCUT2D eigenvalue weighted by molar-refractivity contribution is 7.12. The molecule has 0 saturated heterocycles. The molecule has 7 heteroatoms. The van der Waals surface area contributed by atoms with Gasteiger partial charge in [-0.15, -0.1) is 11.3 Å². The van der Waals surface area contributed by atoms with Crippen LogP contribution in [0.5, 0.6) is 5.75 Å². The lowest BCUT2D eigenvalue weighted by atomic mass is 10.1. The smallest absolute Gasteiger partial charge is 0.350 e. The molecule has 0 bridgehead atoms. The van der Waals surface area contributed by atoms with Crippen LogP contribution >= 0.6 is 22.9 Å². The number of anilines is 1. The standard InChI is InChI=1S/C17H18ClNO4S/c1-9-7-12(8-10(2)14(9)18)23-11(3)16(20)19-13-5-6-24-15(13)17(21)22-4/h5-8,11H,1-4H3,(H,19,20). The Balaban J connectivity index is 2.08. The minimum absolute atomic E-state index is 0.344. The molecule has 0 aliphatic carbocycles. The van der Waals surface area contributed by atoms with E-state index in [0.717, 1.165) is 11.1 Å². The lowest BCUT2D eigenvalue weighted by Crippen LogP contribution is -2.30. The molecule has 1 N–H and O–H groups in total. The van der Waals surface area contributed by atoms with Crippen molar-refractivity contribution in [2.75, 3.05) is 12.4 Å². The zero-order valence-corrected chi connectivity index (χ0v) is 15.4. The van der Waals surface area contributed by atoms with Crippen LogP contribution in [0.4, 0.5) is 5.69 Å². The first-order valence-corrected chi connectivity index (χ1v) is 8.49. The molecule has 1 amide bonds. The summed E-state index contributed by atoms with van der Waals surface area (Å²) in [7, 11) is 1.30. The number of benzene rings is 1. The number of nitrogens with one attached hydrogen (secondary N) is 1. The van der Waals surface area contributed by atoms with Crippen LogP contribution in [0, 0.1) is 13.8 Å². The predicted octanol–water partition coefficient (Wildman–Crippen LogP) is 4.21. The number of carbonyl (C=O) groups excluding carboxylic acids is 2. The summed E-state index contributed by atoms with van der Waals surface area (Å²) in [6.45, 7) is 5.39. The van der Waals surface area contributed by atoms with Gasteiger partial charge in [-0.05, 0) is 55.5 Å². The average molecular weight is 368 g/mol. The van der Waals surface area contributed by atoms with E-state index in [4.69, 9.17) is 16.3 Å². The Hall–Kier alpha value is -2.05. The largest absolute Gasteiger partial charge is 0.481 e. The van der Waals surface area contributed by atoms with Crippen LogP contribution in [-0.4, -0.2) is 25.1 Å². The van der Waals surface area contributed by atoms with Crippen LogP contribution in [0.3, 0.4) is 0 Å². The summed E-state index contributed by atoms with van der Waals surface area (Å²) < 4.78 is 10.4. The lowest BCUT2D eigenvalue weighted by Gasteiger charge is -2.16. The van der Waals surface area contributed by atoms with E-state index in [-0.39, 0.29) is 5.91 Å². The normalized spacial score (nSPS) is 11.7. The van der Waals surface area contributed by atoms with Crippen molar-refractivity contribution in [1.82, 2.24) is 0 Å². The molecule has 0 fully saturated rings. The molecule has 1 aromatic carbocycles. The first-order valence-electron chi connectivity index (χ1n) is 7.23. The van der Waals surface area contributed by atoms with Gasteiger partial charge in [-0.3, -0.25) is 4.79 Å². The van der Waals surface area contributed by atoms with Gasteiger partial charge in [0.15, 0.2) is 6.10 Å². The van der Waals surface area contributed by atoms with Crippen molar-refractivity contribution >= 4 is 40.5 Å². The maximum Gasteiger partial charge on any atom is 0.350 e. The highest BCUT2D eigenvalue weighted by Crippen LogP contribution is 2.27. The van der Waals surface area contributed by atoms with Crippen LogP contribution in [0.1, 0.15) is 27.7 Å². The van der Waals surface area contributed by atoms with E-state index < -0.39 is 12.1 Å². The molecule has 5 nitrogen and oxygen atoms in total. The second-order valence-electron chi connectivity index (χ2n) is 5.28. The van der Waals surface area contributed by atoms with E-state index in [1.807, 2.05) is 13.8 Å². The number of aryl methyl sites for hydroxylation is 2. The monoisotopic (exact) mass is 367 g/mol. The summed E-state index contributed by atoms with van der Waals surface area (Å²) in [5.41, 5.74) is 2.17. The molecule has 2 aromatic rings. The molecule has 128 valence electrons. The molecule has 1 unspecified atom stereocenters. The number of thiophene rings is 1. The molecular formula is C17H18ClNO4S. The third-order valence-electron chi connectivity index (χ3n) is 3.39. The first-order chi connectivity index (χ1) is 11.3. The number of hydrogen-bond donors (Lipinski definition) is 1. The Kier molecular flexibility index (Phi) is 5.85.